The molecule has 0 heterocycles. The Hall–Kier alpha value is -1.59. The van der Waals surface area contributed by atoms with Crippen LogP contribution >= 0.6 is 0 Å². The number of carbonyl (C=O) groups is 3. The average Bonchev–Trinajstić information content (AvgIpc) is 2.90. The van der Waals surface area contributed by atoms with Crippen LogP contribution in [0.5, 0.6) is 0 Å². The molecule has 3 N–H and O–H groups in total. The van der Waals surface area contributed by atoms with E-state index in [9.17, 15) is 14.4 Å². The van der Waals surface area contributed by atoms with Crippen molar-refractivity contribution in [1.82, 2.24) is 10.6 Å². The summed E-state index contributed by atoms with van der Waals surface area (Å²) in [6.07, 6.45) is 25.7. The lowest BCUT2D eigenvalue weighted by molar-refractivity contribution is -0.137. The summed E-state index contributed by atoms with van der Waals surface area (Å²) in [5, 5.41) is 14.7. The van der Waals surface area contributed by atoms with Crippen molar-refractivity contribution in [3.63, 3.8) is 0 Å². The number of carboxylic acid groups (broad SMARTS) is 1. The van der Waals surface area contributed by atoms with Crippen LogP contribution in [0.2, 0.25) is 0 Å². The molecule has 0 aromatic rings. The number of amides is 2. The summed E-state index contributed by atoms with van der Waals surface area (Å²) >= 11 is 0. The summed E-state index contributed by atoms with van der Waals surface area (Å²) in [6.45, 7) is 6.99. The SMILES string of the molecule is CCCCCCCCCCCCCCCCCCNC(=O)[C@@H](NC(=O)CCCCCCC(=O)O)[C@@H](C)CC. The van der Waals surface area contributed by atoms with Gasteiger partial charge in [0.2, 0.25) is 11.8 Å². The number of carbonyl (C=O) groups excluding carboxylic acids is 2. The van der Waals surface area contributed by atoms with Gasteiger partial charge in [0.05, 0.1) is 0 Å². The highest BCUT2D eigenvalue weighted by Crippen LogP contribution is 2.14. The highest BCUT2D eigenvalue weighted by atomic mass is 16.4. The molecule has 224 valence electrons. The maximum absolute atomic E-state index is 12.7. The minimum Gasteiger partial charge on any atom is -0.481 e. The zero-order valence-electron chi connectivity index (χ0n) is 25.3. The number of aliphatic carboxylic acids is 1. The predicted molar refractivity (Wildman–Crippen MR) is 159 cm³/mol. The molecule has 2 atom stereocenters. The molecule has 0 spiro atoms. The van der Waals surface area contributed by atoms with E-state index in [1.54, 1.807) is 0 Å². The lowest BCUT2D eigenvalue weighted by Crippen LogP contribution is -2.50. The molecule has 0 unspecified atom stereocenters. The Morgan fingerprint density at radius 1 is 0.605 bits per heavy atom. The molecule has 0 aliphatic carbocycles. The maximum atomic E-state index is 12.7. The number of hydrogen-bond acceptors (Lipinski definition) is 3. The fraction of sp³-hybridized carbons (Fsp3) is 0.906. The van der Waals surface area contributed by atoms with Gasteiger partial charge in [-0.25, -0.2) is 0 Å². The molecule has 6 nitrogen and oxygen atoms in total. The van der Waals surface area contributed by atoms with Gasteiger partial charge in [-0.15, -0.1) is 0 Å². The van der Waals surface area contributed by atoms with Crippen LogP contribution in [0, 0.1) is 5.92 Å². The van der Waals surface area contributed by atoms with Gasteiger partial charge in [0.15, 0.2) is 0 Å². The van der Waals surface area contributed by atoms with Crippen molar-refractivity contribution in [2.75, 3.05) is 6.54 Å². The van der Waals surface area contributed by atoms with Crippen molar-refractivity contribution >= 4 is 17.8 Å². The van der Waals surface area contributed by atoms with Crippen molar-refractivity contribution in [1.29, 1.82) is 0 Å². The van der Waals surface area contributed by atoms with Crippen LogP contribution < -0.4 is 10.6 Å². The molecule has 0 aliphatic rings. The monoisotopic (exact) mass is 538 g/mol. The van der Waals surface area contributed by atoms with Gasteiger partial charge in [0.1, 0.15) is 6.04 Å². The number of nitrogens with one attached hydrogen (secondary N) is 2. The Labute approximate surface area is 234 Å². The van der Waals surface area contributed by atoms with Crippen LogP contribution in [-0.4, -0.2) is 35.5 Å². The fourth-order valence-electron chi connectivity index (χ4n) is 4.86. The smallest absolute Gasteiger partial charge is 0.303 e. The van der Waals surface area contributed by atoms with Gasteiger partial charge >= 0.3 is 5.97 Å². The molecule has 38 heavy (non-hydrogen) atoms. The second kappa shape index (κ2) is 27.0. The molecule has 0 aromatic carbocycles. The summed E-state index contributed by atoms with van der Waals surface area (Å²) < 4.78 is 0. The molecule has 6 heteroatoms. The molecule has 0 bridgehead atoms. The van der Waals surface area contributed by atoms with E-state index in [1.165, 1.54) is 89.9 Å². The van der Waals surface area contributed by atoms with Crippen molar-refractivity contribution < 1.29 is 19.5 Å². The standard InChI is InChI=1S/C32H62N2O4/c1-4-6-7-8-9-10-11-12-13-14-15-16-17-18-21-24-27-33-32(38)31(28(3)5-2)34-29(35)25-22-19-20-23-26-30(36)37/h28,31H,4-27H2,1-3H3,(H,33,38)(H,34,35)(H,36,37)/t28-,31-/m0/s1. The summed E-state index contributed by atoms with van der Waals surface area (Å²) in [5.41, 5.74) is 0. The quantitative estimate of drug-likeness (QED) is 0.0873. The Morgan fingerprint density at radius 2 is 1.03 bits per heavy atom. The fourth-order valence-corrected chi connectivity index (χ4v) is 4.86. The van der Waals surface area contributed by atoms with Crippen LogP contribution in [0.25, 0.3) is 0 Å². The lowest BCUT2D eigenvalue weighted by Gasteiger charge is -2.23. The first-order valence-electron chi connectivity index (χ1n) is 16.2. The molecule has 0 aliphatic heterocycles. The Bertz CT molecular complexity index is 582. The summed E-state index contributed by atoms with van der Waals surface area (Å²) in [6, 6.07) is -0.486. The van der Waals surface area contributed by atoms with Crippen LogP contribution in [0.4, 0.5) is 0 Å². The van der Waals surface area contributed by atoms with E-state index in [0.29, 0.717) is 19.4 Å². The van der Waals surface area contributed by atoms with Gasteiger partial charge in [-0.3, -0.25) is 14.4 Å². The van der Waals surface area contributed by atoms with Gasteiger partial charge in [0.25, 0.3) is 0 Å². The Kier molecular flexibility index (Phi) is 25.9. The molecule has 0 saturated carbocycles. The lowest BCUT2D eigenvalue weighted by atomic mass is 9.98. The largest absolute Gasteiger partial charge is 0.481 e. The Morgan fingerprint density at radius 3 is 1.47 bits per heavy atom. The normalized spacial score (nSPS) is 12.7. The van der Waals surface area contributed by atoms with E-state index in [-0.39, 0.29) is 24.2 Å². The van der Waals surface area contributed by atoms with E-state index in [1.807, 2.05) is 13.8 Å². The van der Waals surface area contributed by atoms with Gasteiger partial charge in [-0.2, -0.15) is 0 Å². The minimum atomic E-state index is -0.773. The minimum absolute atomic E-state index is 0.0740. The second-order valence-electron chi connectivity index (χ2n) is 11.3. The van der Waals surface area contributed by atoms with Crippen LogP contribution in [0.1, 0.15) is 168 Å². The zero-order chi connectivity index (χ0) is 28.3. The maximum Gasteiger partial charge on any atom is 0.303 e. The first kappa shape index (κ1) is 36.4. The number of rotatable bonds is 28. The van der Waals surface area contributed by atoms with Gasteiger partial charge < -0.3 is 15.7 Å². The van der Waals surface area contributed by atoms with Crippen molar-refractivity contribution in [2.45, 2.75) is 174 Å². The van der Waals surface area contributed by atoms with Crippen LogP contribution in [0.15, 0.2) is 0 Å². The van der Waals surface area contributed by atoms with E-state index >= 15 is 0 Å². The third-order valence-electron chi connectivity index (χ3n) is 7.69. The first-order chi connectivity index (χ1) is 18.4. The molecular weight excluding hydrogens is 476 g/mol. The van der Waals surface area contributed by atoms with E-state index in [0.717, 1.165) is 38.5 Å². The van der Waals surface area contributed by atoms with Crippen molar-refractivity contribution in [3.05, 3.63) is 0 Å². The third kappa shape index (κ3) is 23.5. The highest BCUT2D eigenvalue weighted by Gasteiger charge is 2.25. The number of unbranched alkanes of at least 4 members (excludes halogenated alkanes) is 18. The number of carboxylic acids is 1. The average molecular weight is 539 g/mol. The molecular formula is C32H62N2O4. The van der Waals surface area contributed by atoms with E-state index in [4.69, 9.17) is 5.11 Å². The Balaban J connectivity index is 3.77. The van der Waals surface area contributed by atoms with E-state index in [2.05, 4.69) is 17.6 Å². The first-order valence-corrected chi connectivity index (χ1v) is 16.2. The van der Waals surface area contributed by atoms with Gasteiger partial charge in [-0.05, 0) is 25.2 Å². The molecule has 0 rings (SSSR count). The summed E-state index contributed by atoms with van der Waals surface area (Å²) in [5.74, 6) is -0.855. The van der Waals surface area contributed by atoms with Gasteiger partial charge in [0, 0.05) is 19.4 Å². The number of hydrogen-bond donors (Lipinski definition) is 3. The molecule has 0 fully saturated rings. The van der Waals surface area contributed by atoms with Gasteiger partial charge in [-0.1, -0.05) is 136 Å². The zero-order valence-corrected chi connectivity index (χ0v) is 25.3. The summed E-state index contributed by atoms with van der Waals surface area (Å²) in [7, 11) is 0. The highest BCUT2D eigenvalue weighted by molar-refractivity contribution is 5.87. The van der Waals surface area contributed by atoms with Crippen molar-refractivity contribution in [3.8, 4) is 0 Å². The topological polar surface area (TPSA) is 95.5 Å². The van der Waals surface area contributed by atoms with Crippen LogP contribution in [0.3, 0.4) is 0 Å². The molecule has 0 radical (unpaired) electrons. The molecule has 0 saturated heterocycles. The molecule has 2 amide bonds. The summed E-state index contributed by atoms with van der Waals surface area (Å²) in [4.78, 5) is 35.7. The van der Waals surface area contributed by atoms with Crippen LogP contribution in [-0.2, 0) is 14.4 Å². The van der Waals surface area contributed by atoms with E-state index < -0.39 is 12.0 Å². The second-order valence-corrected chi connectivity index (χ2v) is 11.3. The molecule has 0 aromatic heterocycles. The third-order valence-corrected chi connectivity index (χ3v) is 7.69. The predicted octanol–water partition coefficient (Wildman–Crippen LogP) is 8.32. The van der Waals surface area contributed by atoms with Crippen molar-refractivity contribution in [2.24, 2.45) is 5.92 Å².